The minimum absolute atomic E-state index is 0.0266. The number of carbonyl (C=O) groups is 1. The molecule has 21 heavy (non-hydrogen) atoms. The van der Waals surface area contributed by atoms with Gasteiger partial charge in [0.1, 0.15) is 5.75 Å². The topological polar surface area (TPSA) is 26.3 Å². The highest BCUT2D eigenvalue weighted by Crippen LogP contribution is 2.33. The molecule has 1 rings (SSSR count). The zero-order valence-electron chi connectivity index (χ0n) is 14.8. The Balaban J connectivity index is 3.23. The minimum Gasteiger partial charge on any atom is -0.426 e. The van der Waals surface area contributed by atoms with E-state index >= 15 is 0 Å². The Kier molecular flexibility index (Phi) is 5.25. The SMILES string of the molecule is CC[C@@H](C)C(=O)Oc1cc(C(C)(C)C)cc(C(C)(C)C)c1. The molecule has 0 aromatic heterocycles. The highest BCUT2D eigenvalue weighted by atomic mass is 16.5. The van der Waals surface area contributed by atoms with Crippen molar-refractivity contribution in [2.45, 2.75) is 72.6 Å². The van der Waals surface area contributed by atoms with E-state index in [0.717, 1.165) is 6.42 Å². The van der Waals surface area contributed by atoms with E-state index in [9.17, 15) is 4.79 Å². The zero-order chi connectivity index (χ0) is 16.4. The van der Waals surface area contributed by atoms with Crippen LogP contribution in [0.1, 0.15) is 72.9 Å². The van der Waals surface area contributed by atoms with Crippen LogP contribution in [-0.2, 0) is 15.6 Å². The van der Waals surface area contributed by atoms with E-state index in [0.29, 0.717) is 5.75 Å². The summed E-state index contributed by atoms with van der Waals surface area (Å²) in [5, 5.41) is 0. The van der Waals surface area contributed by atoms with Crippen molar-refractivity contribution in [2.24, 2.45) is 5.92 Å². The van der Waals surface area contributed by atoms with E-state index in [4.69, 9.17) is 4.74 Å². The molecular formula is C19H30O2. The average Bonchev–Trinajstić information content (AvgIpc) is 2.35. The molecule has 0 aliphatic rings. The maximum Gasteiger partial charge on any atom is 0.314 e. The highest BCUT2D eigenvalue weighted by Gasteiger charge is 2.22. The zero-order valence-corrected chi connectivity index (χ0v) is 14.8. The predicted molar refractivity (Wildman–Crippen MR) is 88.9 cm³/mol. The lowest BCUT2D eigenvalue weighted by atomic mass is 9.80. The van der Waals surface area contributed by atoms with E-state index in [-0.39, 0.29) is 22.7 Å². The first kappa shape index (κ1) is 17.7. The molecule has 1 aromatic carbocycles. The molecule has 118 valence electrons. The van der Waals surface area contributed by atoms with Crippen LogP contribution in [0.25, 0.3) is 0 Å². The van der Waals surface area contributed by atoms with Crippen molar-refractivity contribution in [1.29, 1.82) is 0 Å². The maximum absolute atomic E-state index is 12.0. The van der Waals surface area contributed by atoms with Gasteiger partial charge in [-0.05, 0) is 40.5 Å². The number of ether oxygens (including phenoxy) is 1. The molecule has 0 fully saturated rings. The van der Waals surface area contributed by atoms with Gasteiger partial charge in [0.25, 0.3) is 0 Å². The molecule has 0 bridgehead atoms. The molecule has 0 saturated carbocycles. The van der Waals surface area contributed by atoms with E-state index in [1.165, 1.54) is 11.1 Å². The molecule has 0 aliphatic carbocycles. The standard InChI is InChI=1S/C19H30O2/c1-9-13(2)17(20)21-16-11-14(18(3,4)5)10-15(12-16)19(6,7)8/h10-13H,9H2,1-8H3/t13-/m1/s1. The molecule has 0 spiro atoms. The molecule has 0 radical (unpaired) electrons. The molecule has 1 atom stereocenters. The molecule has 0 heterocycles. The van der Waals surface area contributed by atoms with Gasteiger partial charge in [-0.2, -0.15) is 0 Å². The van der Waals surface area contributed by atoms with Crippen molar-refractivity contribution in [1.82, 2.24) is 0 Å². The second-order valence-corrected chi connectivity index (χ2v) is 7.98. The molecule has 2 nitrogen and oxygen atoms in total. The first-order chi connectivity index (χ1) is 9.45. The van der Waals surface area contributed by atoms with Gasteiger partial charge in [-0.1, -0.05) is 61.5 Å². The Morgan fingerprint density at radius 3 is 1.76 bits per heavy atom. The van der Waals surface area contributed by atoms with Crippen molar-refractivity contribution in [3.05, 3.63) is 29.3 Å². The number of rotatable bonds is 3. The second-order valence-electron chi connectivity index (χ2n) is 7.98. The smallest absolute Gasteiger partial charge is 0.314 e. The maximum atomic E-state index is 12.0. The fraction of sp³-hybridized carbons (Fsp3) is 0.632. The van der Waals surface area contributed by atoms with E-state index < -0.39 is 0 Å². The van der Waals surface area contributed by atoms with Gasteiger partial charge in [0.05, 0.1) is 5.92 Å². The Morgan fingerprint density at radius 2 is 1.43 bits per heavy atom. The van der Waals surface area contributed by atoms with E-state index in [1.54, 1.807) is 0 Å². The normalized spacial score (nSPS) is 13.9. The molecule has 0 amide bonds. The fourth-order valence-corrected chi connectivity index (χ4v) is 1.91. The number of benzene rings is 1. The quantitative estimate of drug-likeness (QED) is 0.562. The van der Waals surface area contributed by atoms with Crippen LogP contribution in [0.5, 0.6) is 5.75 Å². The predicted octanol–water partition coefficient (Wildman–Crippen LogP) is 5.23. The number of carbonyl (C=O) groups excluding carboxylic acids is 1. The van der Waals surface area contributed by atoms with Crippen molar-refractivity contribution in [2.75, 3.05) is 0 Å². The van der Waals surface area contributed by atoms with Gasteiger partial charge in [-0.15, -0.1) is 0 Å². The van der Waals surface area contributed by atoms with Crippen LogP contribution in [-0.4, -0.2) is 5.97 Å². The van der Waals surface area contributed by atoms with Gasteiger partial charge in [0, 0.05) is 0 Å². The van der Waals surface area contributed by atoms with Crippen molar-refractivity contribution >= 4 is 5.97 Å². The second kappa shape index (κ2) is 6.21. The van der Waals surface area contributed by atoms with E-state index in [1.807, 2.05) is 26.0 Å². The van der Waals surface area contributed by atoms with Crippen LogP contribution in [0, 0.1) is 5.92 Å². The Morgan fingerprint density at radius 1 is 1.00 bits per heavy atom. The Labute approximate surface area is 129 Å². The molecule has 1 aromatic rings. The lowest BCUT2D eigenvalue weighted by Crippen LogP contribution is -2.20. The minimum atomic E-state index is -0.150. The summed E-state index contributed by atoms with van der Waals surface area (Å²) >= 11 is 0. The monoisotopic (exact) mass is 290 g/mol. The highest BCUT2D eigenvalue weighted by molar-refractivity contribution is 5.74. The molecule has 0 aliphatic heterocycles. The van der Waals surface area contributed by atoms with Crippen molar-refractivity contribution in [3.8, 4) is 5.75 Å². The van der Waals surface area contributed by atoms with Crippen LogP contribution in [0.4, 0.5) is 0 Å². The summed E-state index contributed by atoms with van der Waals surface area (Å²) in [6.45, 7) is 17.0. The van der Waals surface area contributed by atoms with Crippen molar-refractivity contribution < 1.29 is 9.53 Å². The van der Waals surface area contributed by atoms with E-state index in [2.05, 4.69) is 47.6 Å². The van der Waals surface area contributed by atoms with Gasteiger partial charge in [0.15, 0.2) is 0 Å². The van der Waals surface area contributed by atoms with Gasteiger partial charge >= 0.3 is 5.97 Å². The number of hydrogen-bond donors (Lipinski definition) is 0. The molecule has 2 heteroatoms. The van der Waals surface area contributed by atoms with Gasteiger partial charge in [0.2, 0.25) is 0 Å². The van der Waals surface area contributed by atoms with Gasteiger partial charge in [-0.25, -0.2) is 0 Å². The summed E-state index contributed by atoms with van der Waals surface area (Å²) in [6.07, 6.45) is 0.796. The van der Waals surface area contributed by atoms with Crippen LogP contribution in [0.15, 0.2) is 18.2 Å². The molecule has 0 N–H and O–H groups in total. The Hall–Kier alpha value is -1.31. The summed E-state index contributed by atoms with van der Waals surface area (Å²) < 4.78 is 5.60. The van der Waals surface area contributed by atoms with Gasteiger partial charge in [-0.3, -0.25) is 4.79 Å². The largest absolute Gasteiger partial charge is 0.426 e. The fourth-order valence-electron chi connectivity index (χ4n) is 1.91. The Bertz CT molecular complexity index is 469. The summed E-state index contributed by atoms with van der Waals surface area (Å²) in [7, 11) is 0. The van der Waals surface area contributed by atoms with Crippen LogP contribution in [0.2, 0.25) is 0 Å². The molecule has 0 unspecified atom stereocenters. The number of hydrogen-bond acceptors (Lipinski definition) is 2. The third-order valence-corrected chi connectivity index (χ3v) is 3.87. The van der Waals surface area contributed by atoms with Gasteiger partial charge < -0.3 is 4.74 Å². The lowest BCUT2D eigenvalue weighted by molar-refractivity contribution is -0.138. The molecular weight excluding hydrogens is 260 g/mol. The summed E-state index contributed by atoms with van der Waals surface area (Å²) in [6, 6.07) is 6.21. The third-order valence-electron chi connectivity index (χ3n) is 3.87. The number of esters is 1. The van der Waals surface area contributed by atoms with Crippen LogP contribution in [0.3, 0.4) is 0 Å². The summed E-state index contributed by atoms with van der Waals surface area (Å²) in [5.41, 5.74) is 2.45. The lowest BCUT2D eigenvalue weighted by Gasteiger charge is -2.26. The first-order valence-corrected chi connectivity index (χ1v) is 7.83. The van der Waals surface area contributed by atoms with Crippen LogP contribution >= 0.6 is 0 Å². The first-order valence-electron chi connectivity index (χ1n) is 7.83. The van der Waals surface area contributed by atoms with Crippen LogP contribution < -0.4 is 4.74 Å². The summed E-state index contributed by atoms with van der Waals surface area (Å²) in [4.78, 5) is 12.0. The summed E-state index contributed by atoms with van der Waals surface area (Å²) in [5.74, 6) is 0.447. The average molecular weight is 290 g/mol. The van der Waals surface area contributed by atoms with Crippen molar-refractivity contribution in [3.63, 3.8) is 0 Å². The molecule has 0 saturated heterocycles. The third kappa shape index (κ3) is 4.87.